The molecule has 0 aliphatic rings. The fourth-order valence-electron chi connectivity index (χ4n) is 2.55. The average molecular weight is 343 g/mol. The fraction of sp³-hybridized carbons (Fsp3) is 0.333. The Morgan fingerprint density at radius 2 is 1.88 bits per heavy atom. The normalized spacial score (nSPS) is 13.9. The molecule has 3 heterocycles. The van der Waals surface area contributed by atoms with Gasteiger partial charge in [-0.25, -0.2) is 4.98 Å². The van der Waals surface area contributed by atoms with Crippen molar-refractivity contribution in [2.24, 2.45) is 5.92 Å². The van der Waals surface area contributed by atoms with E-state index in [1.165, 1.54) is 0 Å². The van der Waals surface area contributed by atoms with Gasteiger partial charge in [0.15, 0.2) is 5.82 Å². The Morgan fingerprint density at radius 1 is 1.08 bits per heavy atom. The van der Waals surface area contributed by atoms with E-state index in [9.17, 15) is 0 Å². The maximum absolute atomic E-state index is 5.92. The molecular formula is C18H19ClN4O. The summed E-state index contributed by atoms with van der Waals surface area (Å²) in [4.78, 5) is 13.1. The Labute approximate surface area is 146 Å². The zero-order chi connectivity index (χ0) is 17.3. The van der Waals surface area contributed by atoms with E-state index < -0.39 is 5.41 Å². The number of halogens is 1. The molecule has 24 heavy (non-hydrogen) atoms. The summed E-state index contributed by atoms with van der Waals surface area (Å²) in [5.74, 6) is 1.32. The molecule has 0 bridgehead atoms. The standard InChI is InChI=1S/C18H19ClN4O/c1-11(2)18(4,14-7-8-15(19)21-10-14)17-22-16(24-23-17)13-6-5-12(3)20-9-13/h5-11H,1-4H3. The van der Waals surface area contributed by atoms with Crippen LogP contribution in [0.4, 0.5) is 0 Å². The monoisotopic (exact) mass is 342 g/mol. The van der Waals surface area contributed by atoms with Gasteiger partial charge in [-0.3, -0.25) is 4.98 Å². The molecule has 3 aromatic rings. The Balaban J connectivity index is 2.04. The van der Waals surface area contributed by atoms with Gasteiger partial charge in [-0.15, -0.1) is 0 Å². The molecule has 0 fully saturated rings. The van der Waals surface area contributed by atoms with Crippen LogP contribution in [0.5, 0.6) is 0 Å². The number of aromatic nitrogens is 4. The van der Waals surface area contributed by atoms with Crippen molar-refractivity contribution >= 4 is 11.6 Å². The molecule has 5 nitrogen and oxygen atoms in total. The summed E-state index contributed by atoms with van der Waals surface area (Å²) >= 11 is 5.92. The first kappa shape index (κ1) is 16.6. The first-order chi connectivity index (χ1) is 11.4. The summed E-state index contributed by atoms with van der Waals surface area (Å²) in [6.07, 6.45) is 3.51. The van der Waals surface area contributed by atoms with Crippen LogP contribution in [0, 0.1) is 12.8 Å². The first-order valence-electron chi connectivity index (χ1n) is 7.80. The predicted octanol–water partition coefficient (Wildman–Crippen LogP) is 4.45. The number of hydrogen-bond acceptors (Lipinski definition) is 5. The molecule has 0 radical (unpaired) electrons. The van der Waals surface area contributed by atoms with E-state index in [1.807, 2.05) is 25.1 Å². The molecule has 0 aliphatic carbocycles. The highest BCUT2D eigenvalue weighted by Gasteiger charge is 2.37. The lowest BCUT2D eigenvalue weighted by Crippen LogP contribution is -2.31. The molecule has 0 aliphatic heterocycles. The fourth-order valence-corrected chi connectivity index (χ4v) is 2.66. The number of hydrogen-bond donors (Lipinski definition) is 0. The molecule has 6 heteroatoms. The summed E-state index contributed by atoms with van der Waals surface area (Å²) in [6, 6.07) is 7.58. The lowest BCUT2D eigenvalue weighted by atomic mass is 9.73. The molecular weight excluding hydrogens is 324 g/mol. The molecule has 124 valence electrons. The van der Waals surface area contributed by atoms with Crippen molar-refractivity contribution in [3.8, 4) is 11.5 Å². The van der Waals surface area contributed by atoms with Crippen molar-refractivity contribution in [2.75, 3.05) is 0 Å². The number of nitrogens with zero attached hydrogens (tertiary/aromatic N) is 4. The van der Waals surface area contributed by atoms with Crippen LogP contribution in [0.1, 0.15) is 37.9 Å². The first-order valence-corrected chi connectivity index (χ1v) is 8.18. The summed E-state index contributed by atoms with van der Waals surface area (Å²) in [5.41, 5.74) is 2.31. The molecule has 0 amide bonds. The van der Waals surface area contributed by atoms with E-state index in [4.69, 9.17) is 16.1 Å². The van der Waals surface area contributed by atoms with Crippen LogP contribution in [0.3, 0.4) is 0 Å². The molecule has 1 unspecified atom stereocenters. The topological polar surface area (TPSA) is 64.7 Å². The minimum Gasteiger partial charge on any atom is -0.334 e. The zero-order valence-corrected chi connectivity index (χ0v) is 14.9. The highest BCUT2D eigenvalue weighted by atomic mass is 35.5. The number of rotatable bonds is 4. The largest absolute Gasteiger partial charge is 0.334 e. The van der Waals surface area contributed by atoms with Gasteiger partial charge in [0.05, 0.1) is 11.0 Å². The molecule has 1 atom stereocenters. The number of aryl methyl sites for hydroxylation is 1. The third-order valence-corrected chi connectivity index (χ3v) is 4.75. The van der Waals surface area contributed by atoms with E-state index in [1.54, 1.807) is 18.5 Å². The lowest BCUT2D eigenvalue weighted by molar-refractivity contribution is 0.350. The van der Waals surface area contributed by atoms with Gasteiger partial charge >= 0.3 is 0 Å². The van der Waals surface area contributed by atoms with Crippen LogP contribution in [0.2, 0.25) is 5.15 Å². The molecule has 3 aromatic heterocycles. The SMILES string of the molecule is Cc1ccc(-c2nc(C(C)(c3ccc(Cl)nc3)C(C)C)no2)cn1. The van der Waals surface area contributed by atoms with Crippen molar-refractivity contribution in [2.45, 2.75) is 33.1 Å². The Kier molecular flexibility index (Phi) is 4.37. The van der Waals surface area contributed by atoms with Crippen molar-refractivity contribution < 1.29 is 4.52 Å². The second kappa shape index (κ2) is 6.32. The summed E-state index contributed by atoms with van der Waals surface area (Å²) in [6.45, 7) is 8.27. The van der Waals surface area contributed by atoms with Crippen molar-refractivity contribution in [3.63, 3.8) is 0 Å². The average Bonchev–Trinajstić information content (AvgIpc) is 3.05. The second-order valence-electron chi connectivity index (χ2n) is 6.34. The van der Waals surface area contributed by atoms with Gasteiger partial charge in [0.2, 0.25) is 0 Å². The van der Waals surface area contributed by atoms with E-state index in [-0.39, 0.29) is 5.92 Å². The smallest absolute Gasteiger partial charge is 0.259 e. The van der Waals surface area contributed by atoms with Gasteiger partial charge in [-0.1, -0.05) is 36.7 Å². The van der Waals surface area contributed by atoms with E-state index in [2.05, 4.69) is 40.9 Å². The number of pyridine rings is 2. The van der Waals surface area contributed by atoms with Crippen molar-refractivity contribution in [1.82, 2.24) is 20.1 Å². The Morgan fingerprint density at radius 3 is 2.46 bits per heavy atom. The Hall–Kier alpha value is -2.27. The lowest BCUT2D eigenvalue weighted by Gasteiger charge is -2.30. The van der Waals surface area contributed by atoms with Gasteiger partial charge in [-0.2, -0.15) is 4.98 Å². The molecule has 0 saturated carbocycles. The quantitative estimate of drug-likeness (QED) is 0.655. The van der Waals surface area contributed by atoms with Crippen LogP contribution in [0.25, 0.3) is 11.5 Å². The molecule has 0 saturated heterocycles. The van der Waals surface area contributed by atoms with Gasteiger partial charge in [0.25, 0.3) is 5.89 Å². The van der Waals surface area contributed by atoms with Crippen LogP contribution in [0.15, 0.2) is 41.2 Å². The van der Waals surface area contributed by atoms with Crippen LogP contribution >= 0.6 is 11.6 Å². The minimum atomic E-state index is -0.433. The predicted molar refractivity (Wildman–Crippen MR) is 92.8 cm³/mol. The van der Waals surface area contributed by atoms with Crippen LogP contribution in [-0.4, -0.2) is 20.1 Å². The van der Waals surface area contributed by atoms with Gasteiger partial charge in [-0.05, 0) is 43.5 Å². The van der Waals surface area contributed by atoms with Gasteiger partial charge < -0.3 is 4.52 Å². The highest BCUT2D eigenvalue weighted by Crippen LogP contribution is 2.38. The Bertz CT molecular complexity index is 827. The molecule has 3 rings (SSSR count). The summed E-state index contributed by atoms with van der Waals surface area (Å²) < 4.78 is 5.48. The third kappa shape index (κ3) is 2.91. The molecule has 0 spiro atoms. The molecule has 0 N–H and O–H groups in total. The van der Waals surface area contributed by atoms with Crippen molar-refractivity contribution in [3.05, 3.63) is 58.9 Å². The van der Waals surface area contributed by atoms with E-state index in [0.29, 0.717) is 16.9 Å². The van der Waals surface area contributed by atoms with E-state index in [0.717, 1.165) is 16.8 Å². The maximum Gasteiger partial charge on any atom is 0.259 e. The maximum atomic E-state index is 5.92. The summed E-state index contributed by atoms with van der Waals surface area (Å²) in [7, 11) is 0. The second-order valence-corrected chi connectivity index (χ2v) is 6.73. The minimum absolute atomic E-state index is 0.238. The third-order valence-electron chi connectivity index (χ3n) is 4.53. The molecule has 0 aromatic carbocycles. The van der Waals surface area contributed by atoms with E-state index >= 15 is 0 Å². The van der Waals surface area contributed by atoms with Crippen molar-refractivity contribution in [1.29, 1.82) is 0 Å². The summed E-state index contributed by atoms with van der Waals surface area (Å²) in [5, 5.41) is 4.69. The van der Waals surface area contributed by atoms with Crippen LogP contribution in [-0.2, 0) is 5.41 Å². The highest BCUT2D eigenvalue weighted by molar-refractivity contribution is 6.29. The zero-order valence-electron chi connectivity index (χ0n) is 14.1. The van der Waals surface area contributed by atoms with Crippen LogP contribution < -0.4 is 0 Å². The van der Waals surface area contributed by atoms with Gasteiger partial charge in [0.1, 0.15) is 5.15 Å². The van der Waals surface area contributed by atoms with Gasteiger partial charge in [0, 0.05) is 18.1 Å².